The van der Waals surface area contributed by atoms with Crippen molar-refractivity contribution in [3.05, 3.63) is 20.8 Å². The Kier molecular flexibility index (Phi) is 2.67. The van der Waals surface area contributed by atoms with E-state index in [4.69, 9.17) is 0 Å². The number of rotatable bonds is 0. The van der Waals surface area contributed by atoms with Crippen LogP contribution in [0, 0.1) is 11.8 Å². The van der Waals surface area contributed by atoms with Crippen molar-refractivity contribution in [3.63, 3.8) is 0 Å². The van der Waals surface area contributed by atoms with Crippen LogP contribution in [0.4, 0.5) is 0 Å². The Morgan fingerprint density at radius 1 is 1.60 bits per heavy atom. The summed E-state index contributed by atoms with van der Waals surface area (Å²) in [5.74, 6) is 5.02. The molecule has 0 atom stereocenters. The minimum absolute atomic E-state index is 0.591. The second-order valence-corrected chi connectivity index (χ2v) is 3.95. The Hall–Kier alpha value is -0.590. The first-order valence-electron chi connectivity index (χ1n) is 2.53. The van der Waals surface area contributed by atoms with Gasteiger partial charge in [-0.1, -0.05) is 0 Å². The molecule has 0 fully saturated rings. The van der Waals surface area contributed by atoms with Gasteiger partial charge in [0.1, 0.15) is 0 Å². The molecule has 0 aliphatic carbocycles. The van der Waals surface area contributed by atoms with Gasteiger partial charge in [0.2, 0.25) is 0 Å². The van der Waals surface area contributed by atoms with Gasteiger partial charge in [0.05, 0.1) is 8.66 Å². The number of thiophene rings is 1. The van der Waals surface area contributed by atoms with Crippen molar-refractivity contribution >= 4 is 33.6 Å². The zero-order chi connectivity index (χ0) is 7.40. The maximum Gasteiger partial charge on any atom is 0.193 e. The molecule has 0 saturated carbocycles. The van der Waals surface area contributed by atoms with Gasteiger partial charge >= 0.3 is 0 Å². The van der Waals surface area contributed by atoms with Gasteiger partial charge < -0.3 is 0 Å². The van der Waals surface area contributed by atoms with E-state index >= 15 is 0 Å². The lowest BCUT2D eigenvalue weighted by atomic mass is 10.5. The molecule has 1 heterocycles. The SMILES string of the molecule is O=CC#Cc1ccc(Br)s1. The van der Waals surface area contributed by atoms with Gasteiger partial charge in [-0.25, -0.2) is 0 Å². The summed E-state index contributed by atoms with van der Waals surface area (Å²) < 4.78 is 1.03. The molecule has 1 nitrogen and oxygen atoms in total. The number of hydrogen-bond acceptors (Lipinski definition) is 2. The fourth-order valence-corrected chi connectivity index (χ4v) is 1.73. The lowest BCUT2D eigenvalue weighted by Crippen LogP contribution is -1.61. The summed E-state index contributed by atoms with van der Waals surface area (Å²) >= 11 is 4.80. The van der Waals surface area contributed by atoms with Crippen molar-refractivity contribution in [2.45, 2.75) is 0 Å². The zero-order valence-corrected chi connectivity index (χ0v) is 7.33. The summed E-state index contributed by atoms with van der Waals surface area (Å²) in [6.45, 7) is 0. The van der Waals surface area contributed by atoms with Crippen molar-refractivity contribution in [3.8, 4) is 11.8 Å². The highest BCUT2D eigenvalue weighted by Gasteiger charge is 1.90. The predicted molar refractivity (Wildman–Crippen MR) is 45.0 cm³/mol. The van der Waals surface area contributed by atoms with Crippen LogP contribution in [0.3, 0.4) is 0 Å². The Labute approximate surface area is 71.2 Å². The third-order valence-electron chi connectivity index (χ3n) is 0.827. The van der Waals surface area contributed by atoms with E-state index in [1.807, 2.05) is 12.1 Å². The minimum atomic E-state index is 0.591. The third-order valence-corrected chi connectivity index (χ3v) is 2.37. The molecule has 0 aromatic carbocycles. The molecular formula is C7H3BrOS. The molecule has 0 aliphatic heterocycles. The minimum Gasteiger partial charge on any atom is -0.289 e. The van der Waals surface area contributed by atoms with E-state index in [1.54, 1.807) is 0 Å². The average Bonchev–Trinajstić information content (AvgIpc) is 2.31. The first-order valence-corrected chi connectivity index (χ1v) is 4.14. The topological polar surface area (TPSA) is 17.1 Å². The molecule has 1 aromatic rings. The highest BCUT2D eigenvalue weighted by molar-refractivity contribution is 9.11. The van der Waals surface area contributed by atoms with Gasteiger partial charge in [0.15, 0.2) is 6.29 Å². The van der Waals surface area contributed by atoms with Crippen LogP contribution in [-0.2, 0) is 4.79 Å². The maximum absolute atomic E-state index is 9.80. The molecule has 1 rings (SSSR count). The standard InChI is InChI=1S/C7H3BrOS/c8-7-4-3-6(10-7)2-1-5-9/h3-5H. The van der Waals surface area contributed by atoms with E-state index < -0.39 is 0 Å². The lowest BCUT2D eigenvalue weighted by molar-refractivity contribution is -0.103. The second kappa shape index (κ2) is 3.55. The summed E-state index contributed by atoms with van der Waals surface area (Å²) in [6, 6.07) is 3.77. The molecule has 1 aromatic heterocycles. The molecule has 0 N–H and O–H groups in total. The maximum atomic E-state index is 9.80. The van der Waals surface area contributed by atoms with E-state index in [0.717, 1.165) is 8.66 Å². The summed E-state index contributed by atoms with van der Waals surface area (Å²) in [5, 5.41) is 0. The van der Waals surface area contributed by atoms with Crippen LogP contribution in [0.15, 0.2) is 15.9 Å². The van der Waals surface area contributed by atoms with Crippen LogP contribution < -0.4 is 0 Å². The first kappa shape index (κ1) is 7.52. The third kappa shape index (κ3) is 1.98. The smallest absolute Gasteiger partial charge is 0.193 e. The summed E-state index contributed by atoms with van der Waals surface area (Å²) in [6.07, 6.45) is 0.591. The van der Waals surface area contributed by atoms with Gasteiger partial charge in [-0.15, -0.1) is 11.3 Å². The van der Waals surface area contributed by atoms with Crippen molar-refractivity contribution in [2.24, 2.45) is 0 Å². The highest BCUT2D eigenvalue weighted by atomic mass is 79.9. The first-order chi connectivity index (χ1) is 4.83. The van der Waals surface area contributed by atoms with Crippen LogP contribution in [0.25, 0.3) is 0 Å². The fourth-order valence-electron chi connectivity index (χ4n) is 0.482. The van der Waals surface area contributed by atoms with Gasteiger partial charge in [0, 0.05) is 0 Å². The van der Waals surface area contributed by atoms with E-state index in [-0.39, 0.29) is 0 Å². The molecule has 0 bridgehead atoms. The Morgan fingerprint density at radius 3 is 2.90 bits per heavy atom. The number of halogens is 1. The van der Waals surface area contributed by atoms with Crippen molar-refractivity contribution in [1.82, 2.24) is 0 Å². The number of carbonyl (C=O) groups excluding carboxylic acids is 1. The molecule has 0 aliphatic rings. The molecule has 3 heteroatoms. The van der Waals surface area contributed by atoms with Crippen molar-refractivity contribution in [1.29, 1.82) is 0 Å². The molecule has 50 valence electrons. The van der Waals surface area contributed by atoms with Crippen molar-refractivity contribution < 1.29 is 4.79 Å². The van der Waals surface area contributed by atoms with Crippen LogP contribution in [-0.4, -0.2) is 6.29 Å². The van der Waals surface area contributed by atoms with E-state index in [0.29, 0.717) is 6.29 Å². The molecule has 0 unspecified atom stereocenters. The van der Waals surface area contributed by atoms with Gasteiger partial charge in [-0.3, -0.25) is 4.79 Å². The van der Waals surface area contributed by atoms with Gasteiger partial charge in [0.25, 0.3) is 0 Å². The van der Waals surface area contributed by atoms with E-state index in [9.17, 15) is 4.79 Å². The quantitative estimate of drug-likeness (QED) is 0.478. The van der Waals surface area contributed by atoms with Crippen LogP contribution >= 0.6 is 27.3 Å². The predicted octanol–water partition coefficient (Wildman–Crippen LogP) is 2.06. The summed E-state index contributed by atoms with van der Waals surface area (Å²) in [4.78, 5) is 10.7. The molecule has 0 radical (unpaired) electrons. The lowest BCUT2D eigenvalue weighted by Gasteiger charge is -1.71. The zero-order valence-electron chi connectivity index (χ0n) is 4.93. The Balaban J connectivity index is 2.85. The van der Waals surface area contributed by atoms with Crippen molar-refractivity contribution in [2.75, 3.05) is 0 Å². The van der Waals surface area contributed by atoms with Crippen LogP contribution in [0.1, 0.15) is 4.88 Å². The Morgan fingerprint density at radius 2 is 2.40 bits per heavy atom. The normalized spacial score (nSPS) is 8.10. The number of carbonyl (C=O) groups is 1. The monoisotopic (exact) mass is 214 g/mol. The van der Waals surface area contributed by atoms with Crippen LogP contribution in [0.5, 0.6) is 0 Å². The average molecular weight is 215 g/mol. The number of hydrogen-bond donors (Lipinski definition) is 0. The molecule has 0 saturated heterocycles. The second-order valence-electron chi connectivity index (χ2n) is 1.49. The van der Waals surface area contributed by atoms with E-state index in [1.165, 1.54) is 11.3 Å². The Bertz CT molecular complexity index is 292. The summed E-state index contributed by atoms with van der Waals surface area (Å²) in [5.41, 5.74) is 0. The fraction of sp³-hybridized carbons (Fsp3) is 0. The molecular weight excluding hydrogens is 212 g/mol. The molecule has 10 heavy (non-hydrogen) atoms. The highest BCUT2D eigenvalue weighted by Crippen LogP contribution is 2.20. The van der Waals surface area contributed by atoms with Gasteiger partial charge in [-0.2, -0.15) is 0 Å². The molecule has 0 amide bonds. The molecule has 0 spiro atoms. The van der Waals surface area contributed by atoms with E-state index in [2.05, 4.69) is 27.8 Å². The largest absolute Gasteiger partial charge is 0.289 e. The number of aldehydes is 1. The summed E-state index contributed by atoms with van der Waals surface area (Å²) in [7, 11) is 0. The van der Waals surface area contributed by atoms with Crippen LogP contribution in [0.2, 0.25) is 0 Å². The van der Waals surface area contributed by atoms with Gasteiger partial charge in [-0.05, 0) is 39.9 Å².